The number of phenols is 1. The van der Waals surface area contributed by atoms with E-state index in [0.29, 0.717) is 6.42 Å². The molecule has 1 fully saturated rings. The molecule has 1 aliphatic heterocycles. The first-order chi connectivity index (χ1) is 7.20. The van der Waals surface area contributed by atoms with Gasteiger partial charge in [0.25, 0.3) is 0 Å². The van der Waals surface area contributed by atoms with Gasteiger partial charge in [0.1, 0.15) is 11.9 Å². The van der Waals surface area contributed by atoms with Crippen molar-refractivity contribution in [2.45, 2.75) is 24.7 Å². The molecule has 0 aromatic heterocycles. The third-order valence-electron chi connectivity index (χ3n) is 2.67. The number of hydrogen-bond acceptors (Lipinski definition) is 4. The molecule has 4 nitrogen and oxygen atoms in total. The molecule has 1 aliphatic rings. The minimum absolute atomic E-state index is 0.171. The average Bonchev–Trinajstić information content (AvgIpc) is 2.61. The Kier molecular flexibility index (Phi) is 2.90. The molecule has 0 bridgehead atoms. The molecule has 2 rings (SSSR count). The van der Waals surface area contributed by atoms with Crippen LogP contribution in [0.25, 0.3) is 0 Å². The van der Waals surface area contributed by atoms with Gasteiger partial charge in [-0.15, -0.1) is 0 Å². The van der Waals surface area contributed by atoms with E-state index in [1.54, 1.807) is 24.3 Å². The fourth-order valence-corrected chi connectivity index (χ4v) is 1.80. The molecule has 1 saturated heterocycles. The largest absolute Gasteiger partial charge is 0.508 e. The van der Waals surface area contributed by atoms with E-state index >= 15 is 0 Å². The molecule has 0 saturated carbocycles. The molecule has 4 heteroatoms. The number of phenolic OH excluding ortho intramolecular Hbond substituents is 1. The van der Waals surface area contributed by atoms with Crippen LogP contribution in [0.3, 0.4) is 0 Å². The Bertz CT molecular complexity index is 322. The number of aliphatic hydroxyl groups excluding tert-OH is 2. The van der Waals surface area contributed by atoms with Crippen LogP contribution in [0, 0.1) is 0 Å². The van der Waals surface area contributed by atoms with E-state index in [1.165, 1.54) is 0 Å². The number of aromatic hydroxyl groups is 1. The molecule has 1 aromatic carbocycles. The second kappa shape index (κ2) is 4.18. The Morgan fingerprint density at radius 2 is 1.93 bits per heavy atom. The predicted molar refractivity (Wildman–Crippen MR) is 53.4 cm³/mol. The van der Waals surface area contributed by atoms with Gasteiger partial charge in [-0.2, -0.15) is 0 Å². The van der Waals surface area contributed by atoms with Crippen molar-refractivity contribution < 1.29 is 20.1 Å². The van der Waals surface area contributed by atoms with E-state index in [2.05, 4.69) is 0 Å². The summed E-state index contributed by atoms with van der Waals surface area (Å²) in [4.78, 5) is 0. The minimum Gasteiger partial charge on any atom is -0.508 e. The lowest BCUT2D eigenvalue weighted by Crippen LogP contribution is -2.24. The van der Waals surface area contributed by atoms with E-state index in [0.717, 1.165) is 5.56 Å². The molecule has 0 aliphatic carbocycles. The summed E-state index contributed by atoms with van der Waals surface area (Å²) in [6.45, 7) is -0.171. The van der Waals surface area contributed by atoms with Crippen LogP contribution in [-0.2, 0) is 4.74 Å². The molecule has 0 unspecified atom stereocenters. The number of benzene rings is 1. The highest BCUT2D eigenvalue weighted by Crippen LogP contribution is 2.33. The molecular weight excluding hydrogens is 196 g/mol. The van der Waals surface area contributed by atoms with E-state index in [-0.39, 0.29) is 18.5 Å². The average molecular weight is 210 g/mol. The standard InChI is InChI=1S/C11H14O4/c12-6-11-9(14)5-10(15-11)7-1-3-8(13)4-2-7/h1-4,9-14H,5-6H2/t9-,10+,11+/m0/s1. The second-order valence-electron chi connectivity index (χ2n) is 3.74. The summed E-state index contributed by atoms with van der Waals surface area (Å²) in [5.41, 5.74) is 0.905. The van der Waals surface area contributed by atoms with Crippen molar-refractivity contribution in [2.75, 3.05) is 6.61 Å². The van der Waals surface area contributed by atoms with Crippen LogP contribution in [0.1, 0.15) is 18.1 Å². The van der Waals surface area contributed by atoms with Crippen LogP contribution in [0.5, 0.6) is 5.75 Å². The maximum atomic E-state index is 9.54. The molecule has 0 amide bonds. The van der Waals surface area contributed by atoms with Crippen molar-refractivity contribution in [2.24, 2.45) is 0 Å². The monoisotopic (exact) mass is 210 g/mol. The van der Waals surface area contributed by atoms with E-state index in [4.69, 9.17) is 14.9 Å². The Morgan fingerprint density at radius 1 is 1.27 bits per heavy atom. The highest BCUT2D eigenvalue weighted by Gasteiger charge is 2.33. The molecule has 0 spiro atoms. The predicted octanol–water partition coefficient (Wildman–Crippen LogP) is 0.575. The summed E-state index contributed by atoms with van der Waals surface area (Å²) in [6, 6.07) is 6.67. The molecule has 0 radical (unpaired) electrons. The normalized spacial score (nSPS) is 30.7. The summed E-state index contributed by atoms with van der Waals surface area (Å²) in [5.74, 6) is 0.205. The molecule has 82 valence electrons. The van der Waals surface area contributed by atoms with Crippen LogP contribution in [0.2, 0.25) is 0 Å². The summed E-state index contributed by atoms with van der Waals surface area (Å²) in [6.07, 6.45) is -0.828. The summed E-state index contributed by atoms with van der Waals surface area (Å²) < 4.78 is 5.47. The SMILES string of the molecule is OC[C@H]1O[C@@H](c2ccc(O)cc2)C[C@@H]1O. The highest BCUT2D eigenvalue weighted by atomic mass is 16.5. The van der Waals surface area contributed by atoms with Crippen LogP contribution in [0.15, 0.2) is 24.3 Å². The van der Waals surface area contributed by atoms with Crippen LogP contribution in [0.4, 0.5) is 0 Å². The zero-order valence-corrected chi connectivity index (χ0v) is 8.21. The van der Waals surface area contributed by atoms with Crippen molar-refractivity contribution in [1.82, 2.24) is 0 Å². The number of hydrogen-bond donors (Lipinski definition) is 3. The van der Waals surface area contributed by atoms with Gasteiger partial charge in [0.05, 0.1) is 18.8 Å². The third-order valence-corrected chi connectivity index (χ3v) is 2.67. The first-order valence-electron chi connectivity index (χ1n) is 4.94. The van der Waals surface area contributed by atoms with Gasteiger partial charge < -0.3 is 20.1 Å². The number of ether oxygens (including phenoxy) is 1. The zero-order chi connectivity index (χ0) is 10.8. The van der Waals surface area contributed by atoms with E-state index in [1.807, 2.05) is 0 Å². The van der Waals surface area contributed by atoms with Crippen LogP contribution >= 0.6 is 0 Å². The van der Waals surface area contributed by atoms with Crippen molar-refractivity contribution >= 4 is 0 Å². The quantitative estimate of drug-likeness (QED) is 0.667. The topological polar surface area (TPSA) is 69.9 Å². The molecular formula is C11H14O4. The van der Waals surface area contributed by atoms with Gasteiger partial charge in [0, 0.05) is 6.42 Å². The van der Waals surface area contributed by atoms with Gasteiger partial charge in [-0.1, -0.05) is 12.1 Å². The summed E-state index contributed by atoms with van der Waals surface area (Å²) in [7, 11) is 0. The fourth-order valence-electron chi connectivity index (χ4n) is 1.80. The second-order valence-corrected chi connectivity index (χ2v) is 3.74. The Labute approximate surface area is 87.7 Å². The van der Waals surface area contributed by atoms with Gasteiger partial charge in [-0.05, 0) is 17.7 Å². The molecule has 1 aromatic rings. The van der Waals surface area contributed by atoms with Crippen molar-refractivity contribution in [3.8, 4) is 5.75 Å². The maximum Gasteiger partial charge on any atom is 0.115 e. The smallest absolute Gasteiger partial charge is 0.115 e. The maximum absolute atomic E-state index is 9.54. The lowest BCUT2D eigenvalue weighted by Gasteiger charge is -2.12. The van der Waals surface area contributed by atoms with E-state index in [9.17, 15) is 5.11 Å². The van der Waals surface area contributed by atoms with Crippen LogP contribution in [-0.4, -0.2) is 34.1 Å². The van der Waals surface area contributed by atoms with Crippen molar-refractivity contribution in [3.63, 3.8) is 0 Å². The number of rotatable bonds is 2. The summed E-state index contributed by atoms with van der Waals surface area (Å²) >= 11 is 0. The minimum atomic E-state index is -0.617. The van der Waals surface area contributed by atoms with Crippen molar-refractivity contribution in [3.05, 3.63) is 29.8 Å². The first kappa shape index (κ1) is 10.4. The summed E-state index contributed by atoms with van der Waals surface area (Å²) in [5, 5.41) is 27.6. The van der Waals surface area contributed by atoms with Gasteiger partial charge in [0.15, 0.2) is 0 Å². The van der Waals surface area contributed by atoms with Gasteiger partial charge in [-0.3, -0.25) is 0 Å². The number of aliphatic hydroxyl groups is 2. The van der Waals surface area contributed by atoms with Gasteiger partial charge in [0.2, 0.25) is 0 Å². The zero-order valence-electron chi connectivity index (χ0n) is 8.21. The Balaban J connectivity index is 2.10. The third kappa shape index (κ3) is 2.12. The molecule has 3 N–H and O–H groups in total. The van der Waals surface area contributed by atoms with Gasteiger partial charge >= 0.3 is 0 Å². The lowest BCUT2D eigenvalue weighted by atomic mass is 10.0. The first-order valence-corrected chi connectivity index (χ1v) is 4.94. The molecule has 3 atom stereocenters. The van der Waals surface area contributed by atoms with E-state index < -0.39 is 12.2 Å². The fraction of sp³-hybridized carbons (Fsp3) is 0.455. The highest BCUT2D eigenvalue weighted by molar-refractivity contribution is 5.27. The van der Waals surface area contributed by atoms with Crippen molar-refractivity contribution in [1.29, 1.82) is 0 Å². The van der Waals surface area contributed by atoms with Crippen LogP contribution < -0.4 is 0 Å². The lowest BCUT2D eigenvalue weighted by molar-refractivity contribution is -0.0225. The Morgan fingerprint density at radius 3 is 2.47 bits per heavy atom. The molecule has 15 heavy (non-hydrogen) atoms. The molecule has 1 heterocycles. The van der Waals surface area contributed by atoms with Gasteiger partial charge in [-0.25, -0.2) is 0 Å². The Hall–Kier alpha value is -1.10.